The highest BCUT2D eigenvalue weighted by atomic mass is 16.5. The first-order chi connectivity index (χ1) is 7.70. The molecule has 0 saturated carbocycles. The Balaban J connectivity index is 1.53. The number of nitrogens with one attached hydrogen (secondary N) is 2. The molecule has 0 radical (unpaired) electrons. The monoisotopic (exact) mass is 228 g/mol. The number of rotatable bonds is 6. The van der Waals surface area contributed by atoms with Gasteiger partial charge < -0.3 is 20.1 Å². The van der Waals surface area contributed by atoms with Crippen LogP contribution in [-0.4, -0.2) is 51.1 Å². The SMILES string of the molecule is CC(NCCOC1(C)CNC1)C1CCOC1. The van der Waals surface area contributed by atoms with E-state index in [1.807, 2.05) is 0 Å². The molecule has 94 valence electrons. The average molecular weight is 228 g/mol. The van der Waals surface area contributed by atoms with E-state index in [4.69, 9.17) is 9.47 Å². The normalized spacial score (nSPS) is 30.0. The second kappa shape index (κ2) is 5.45. The maximum Gasteiger partial charge on any atom is 0.0902 e. The minimum Gasteiger partial charge on any atom is -0.381 e. The smallest absolute Gasteiger partial charge is 0.0902 e. The van der Waals surface area contributed by atoms with E-state index in [1.54, 1.807) is 0 Å². The molecule has 0 aromatic carbocycles. The molecule has 2 atom stereocenters. The molecule has 0 aromatic rings. The Morgan fingerprint density at radius 2 is 2.38 bits per heavy atom. The zero-order chi connectivity index (χ0) is 11.4. The number of hydrogen-bond donors (Lipinski definition) is 2. The van der Waals surface area contributed by atoms with E-state index in [0.29, 0.717) is 12.0 Å². The standard InChI is InChI=1S/C12H24N2O2/c1-10(11-3-5-15-7-11)14-4-6-16-12(2)8-13-9-12/h10-11,13-14H,3-9H2,1-2H3. The molecule has 0 aromatic heterocycles. The Kier molecular flexibility index (Phi) is 4.19. The van der Waals surface area contributed by atoms with Gasteiger partial charge in [0.15, 0.2) is 0 Å². The van der Waals surface area contributed by atoms with Gasteiger partial charge in [0, 0.05) is 32.3 Å². The Morgan fingerprint density at radius 3 is 2.94 bits per heavy atom. The van der Waals surface area contributed by atoms with Crippen molar-refractivity contribution in [2.75, 3.05) is 39.5 Å². The van der Waals surface area contributed by atoms with Crippen LogP contribution in [0, 0.1) is 5.92 Å². The molecule has 2 rings (SSSR count). The first-order valence-electron chi connectivity index (χ1n) is 6.35. The van der Waals surface area contributed by atoms with E-state index in [1.165, 1.54) is 6.42 Å². The molecule has 2 aliphatic rings. The van der Waals surface area contributed by atoms with Crippen LogP contribution in [0.4, 0.5) is 0 Å². The summed E-state index contributed by atoms with van der Waals surface area (Å²) < 4.78 is 11.2. The molecular formula is C12H24N2O2. The summed E-state index contributed by atoms with van der Waals surface area (Å²) in [6.07, 6.45) is 1.19. The van der Waals surface area contributed by atoms with Crippen molar-refractivity contribution in [1.29, 1.82) is 0 Å². The van der Waals surface area contributed by atoms with Crippen LogP contribution >= 0.6 is 0 Å². The highest BCUT2D eigenvalue weighted by Crippen LogP contribution is 2.17. The Labute approximate surface area is 98.1 Å². The third-order valence-corrected chi connectivity index (χ3v) is 3.69. The van der Waals surface area contributed by atoms with Gasteiger partial charge in [-0.05, 0) is 26.2 Å². The molecule has 0 spiro atoms. The van der Waals surface area contributed by atoms with Gasteiger partial charge in [-0.3, -0.25) is 0 Å². The zero-order valence-electron chi connectivity index (χ0n) is 10.4. The fourth-order valence-electron chi connectivity index (χ4n) is 2.28. The predicted molar refractivity (Wildman–Crippen MR) is 63.6 cm³/mol. The lowest BCUT2D eigenvalue weighted by atomic mass is 10.00. The maximum absolute atomic E-state index is 5.82. The summed E-state index contributed by atoms with van der Waals surface area (Å²) >= 11 is 0. The quantitative estimate of drug-likeness (QED) is 0.645. The van der Waals surface area contributed by atoms with Crippen molar-refractivity contribution in [1.82, 2.24) is 10.6 Å². The van der Waals surface area contributed by atoms with Gasteiger partial charge in [-0.1, -0.05) is 0 Å². The first-order valence-corrected chi connectivity index (χ1v) is 6.35. The summed E-state index contributed by atoms with van der Waals surface area (Å²) in [4.78, 5) is 0. The molecule has 2 aliphatic heterocycles. The zero-order valence-corrected chi connectivity index (χ0v) is 10.4. The van der Waals surface area contributed by atoms with Crippen molar-refractivity contribution < 1.29 is 9.47 Å². The minimum absolute atomic E-state index is 0.0847. The van der Waals surface area contributed by atoms with E-state index < -0.39 is 0 Å². The molecule has 2 N–H and O–H groups in total. The van der Waals surface area contributed by atoms with Crippen molar-refractivity contribution in [3.8, 4) is 0 Å². The van der Waals surface area contributed by atoms with Crippen LogP contribution < -0.4 is 10.6 Å². The van der Waals surface area contributed by atoms with Crippen LogP contribution in [0.5, 0.6) is 0 Å². The van der Waals surface area contributed by atoms with Gasteiger partial charge >= 0.3 is 0 Å². The average Bonchev–Trinajstić information content (AvgIpc) is 2.74. The van der Waals surface area contributed by atoms with Crippen molar-refractivity contribution in [2.45, 2.75) is 31.9 Å². The largest absolute Gasteiger partial charge is 0.381 e. The van der Waals surface area contributed by atoms with Crippen molar-refractivity contribution >= 4 is 0 Å². The number of hydrogen-bond acceptors (Lipinski definition) is 4. The van der Waals surface area contributed by atoms with Crippen molar-refractivity contribution in [3.05, 3.63) is 0 Å². The van der Waals surface area contributed by atoms with Crippen molar-refractivity contribution in [3.63, 3.8) is 0 Å². The van der Waals surface area contributed by atoms with Crippen LogP contribution in [0.25, 0.3) is 0 Å². The molecule has 4 heteroatoms. The summed E-state index contributed by atoms with van der Waals surface area (Å²) in [5.41, 5.74) is 0.0847. The molecular weight excluding hydrogens is 204 g/mol. The summed E-state index contributed by atoms with van der Waals surface area (Å²) in [5.74, 6) is 0.681. The third-order valence-electron chi connectivity index (χ3n) is 3.69. The molecule has 2 unspecified atom stereocenters. The lowest BCUT2D eigenvalue weighted by Gasteiger charge is -2.39. The molecule has 4 nitrogen and oxygen atoms in total. The van der Waals surface area contributed by atoms with Gasteiger partial charge in [0.2, 0.25) is 0 Å². The van der Waals surface area contributed by atoms with E-state index in [9.17, 15) is 0 Å². The molecule has 2 saturated heterocycles. The third kappa shape index (κ3) is 3.17. The first kappa shape index (κ1) is 12.3. The summed E-state index contributed by atoms with van der Waals surface area (Å²) in [5, 5.41) is 6.75. The van der Waals surface area contributed by atoms with Gasteiger partial charge in [0.25, 0.3) is 0 Å². The molecule has 0 amide bonds. The fourth-order valence-corrected chi connectivity index (χ4v) is 2.28. The van der Waals surface area contributed by atoms with E-state index in [2.05, 4.69) is 24.5 Å². The van der Waals surface area contributed by atoms with Crippen molar-refractivity contribution in [2.24, 2.45) is 5.92 Å². The Morgan fingerprint density at radius 1 is 1.56 bits per heavy atom. The van der Waals surface area contributed by atoms with Crippen LogP contribution in [0.15, 0.2) is 0 Å². The second-order valence-electron chi connectivity index (χ2n) is 5.27. The van der Waals surface area contributed by atoms with Gasteiger partial charge in [0.05, 0.1) is 18.8 Å². The highest BCUT2D eigenvalue weighted by Gasteiger charge is 2.32. The summed E-state index contributed by atoms with van der Waals surface area (Å²) in [6.45, 7) is 9.96. The Hall–Kier alpha value is -0.160. The lowest BCUT2D eigenvalue weighted by molar-refractivity contribution is -0.0654. The summed E-state index contributed by atoms with van der Waals surface area (Å²) in [6, 6.07) is 0.540. The number of ether oxygens (including phenoxy) is 2. The van der Waals surface area contributed by atoms with Gasteiger partial charge in [-0.25, -0.2) is 0 Å². The van der Waals surface area contributed by atoms with Gasteiger partial charge in [-0.2, -0.15) is 0 Å². The van der Waals surface area contributed by atoms with E-state index in [-0.39, 0.29) is 5.60 Å². The molecule has 2 fully saturated rings. The molecule has 0 aliphatic carbocycles. The minimum atomic E-state index is 0.0847. The summed E-state index contributed by atoms with van der Waals surface area (Å²) in [7, 11) is 0. The fraction of sp³-hybridized carbons (Fsp3) is 1.00. The van der Waals surface area contributed by atoms with E-state index in [0.717, 1.165) is 39.5 Å². The molecule has 2 heterocycles. The second-order valence-corrected chi connectivity index (χ2v) is 5.27. The van der Waals surface area contributed by atoms with Crippen LogP contribution in [0.1, 0.15) is 20.3 Å². The molecule has 0 bridgehead atoms. The highest BCUT2D eigenvalue weighted by molar-refractivity contribution is 4.90. The van der Waals surface area contributed by atoms with Gasteiger partial charge in [-0.15, -0.1) is 0 Å². The lowest BCUT2D eigenvalue weighted by Crippen LogP contribution is -2.59. The van der Waals surface area contributed by atoms with Crippen LogP contribution in [0.3, 0.4) is 0 Å². The molecule has 16 heavy (non-hydrogen) atoms. The van der Waals surface area contributed by atoms with Gasteiger partial charge in [0.1, 0.15) is 0 Å². The van der Waals surface area contributed by atoms with Crippen LogP contribution in [-0.2, 0) is 9.47 Å². The maximum atomic E-state index is 5.82. The topological polar surface area (TPSA) is 42.5 Å². The van der Waals surface area contributed by atoms with E-state index >= 15 is 0 Å². The Bertz CT molecular complexity index is 213. The van der Waals surface area contributed by atoms with Crippen LogP contribution in [0.2, 0.25) is 0 Å². The predicted octanol–water partition coefficient (Wildman–Crippen LogP) is 0.380.